The zero-order valence-corrected chi connectivity index (χ0v) is 12.1. The van der Waals surface area contributed by atoms with Crippen molar-refractivity contribution in [3.63, 3.8) is 0 Å². The first kappa shape index (κ1) is 14.2. The molecule has 0 aromatic heterocycles. The topological polar surface area (TPSA) is 44.5 Å². The van der Waals surface area contributed by atoms with Crippen molar-refractivity contribution >= 4 is 11.6 Å². The van der Waals surface area contributed by atoms with Crippen LogP contribution in [0.2, 0.25) is 5.02 Å². The van der Waals surface area contributed by atoms with Gasteiger partial charge in [-0.3, -0.25) is 0 Å². The Kier molecular flexibility index (Phi) is 3.99. The largest absolute Gasteiger partial charge is 0.490 e. The van der Waals surface area contributed by atoms with Crippen LogP contribution in [0.3, 0.4) is 0 Å². The molecule has 2 aromatic rings. The summed E-state index contributed by atoms with van der Waals surface area (Å²) < 4.78 is 24.6. The van der Waals surface area contributed by atoms with Gasteiger partial charge in [0.1, 0.15) is 5.82 Å². The number of hydrogen-bond donors (Lipinski definition) is 1. The Morgan fingerprint density at radius 3 is 2.52 bits per heavy atom. The van der Waals surface area contributed by atoms with E-state index in [0.717, 1.165) is 6.42 Å². The molecular formula is C16H15ClFNO2. The van der Waals surface area contributed by atoms with Crippen molar-refractivity contribution in [1.82, 2.24) is 0 Å². The van der Waals surface area contributed by atoms with Crippen LogP contribution in [0.1, 0.15) is 23.6 Å². The average Bonchev–Trinajstić information content (AvgIpc) is 2.70. The van der Waals surface area contributed by atoms with Crippen LogP contribution < -0.4 is 15.2 Å². The molecule has 0 saturated heterocycles. The quantitative estimate of drug-likeness (QED) is 0.920. The van der Waals surface area contributed by atoms with Gasteiger partial charge in [-0.05, 0) is 29.3 Å². The minimum absolute atomic E-state index is 0.326. The molecule has 1 unspecified atom stereocenters. The lowest BCUT2D eigenvalue weighted by Gasteiger charge is -2.17. The molecule has 5 heteroatoms. The van der Waals surface area contributed by atoms with E-state index in [1.807, 2.05) is 0 Å². The smallest absolute Gasteiger partial charge is 0.162 e. The summed E-state index contributed by atoms with van der Waals surface area (Å²) in [6, 6.07) is 9.14. The molecule has 0 bridgehead atoms. The lowest BCUT2D eigenvalue weighted by Crippen LogP contribution is -2.13. The molecule has 0 spiro atoms. The maximum absolute atomic E-state index is 13.3. The summed E-state index contributed by atoms with van der Waals surface area (Å²) >= 11 is 6.29. The third kappa shape index (κ3) is 2.96. The van der Waals surface area contributed by atoms with Crippen LogP contribution in [-0.4, -0.2) is 13.2 Å². The van der Waals surface area contributed by atoms with Gasteiger partial charge in [0.15, 0.2) is 11.5 Å². The summed E-state index contributed by atoms with van der Waals surface area (Å²) in [7, 11) is 0. The van der Waals surface area contributed by atoms with E-state index in [2.05, 4.69) is 0 Å². The molecule has 0 amide bonds. The van der Waals surface area contributed by atoms with Crippen molar-refractivity contribution in [1.29, 1.82) is 0 Å². The first-order chi connectivity index (χ1) is 10.1. The van der Waals surface area contributed by atoms with Crippen molar-refractivity contribution in [2.75, 3.05) is 13.2 Å². The van der Waals surface area contributed by atoms with Crippen molar-refractivity contribution < 1.29 is 13.9 Å². The maximum Gasteiger partial charge on any atom is 0.162 e. The molecule has 110 valence electrons. The molecule has 1 heterocycles. The van der Waals surface area contributed by atoms with Crippen LogP contribution in [0.5, 0.6) is 11.5 Å². The molecule has 1 aliphatic rings. The van der Waals surface area contributed by atoms with Crippen LogP contribution in [-0.2, 0) is 0 Å². The number of hydrogen-bond acceptors (Lipinski definition) is 3. The molecule has 3 rings (SSSR count). The molecule has 0 fully saturated rings. The molecule has 0 radical (unpaired) electrons. The summed E-state index contributed by atoms with van der Waals surface area (Å²) in [6.45, 7) is 1.18. The second-order valence-electron chi connectivity index (χ2n) is 4.90. The fourth-order valence-corrected chi connectivity index (χ4v) is 2.59. The standard InChI is InChI=1S/C16H15ClFNO2/c17-13-9-15-14(20-5-2-6-21-15)8-12(13)16(19)10-3-1-4-11(18)7-10/h1,3-4,7-9,16H,2,5-6,19H2. The summed E-state index contributed by atoms with van der Waals surface area (Å²) in [5.74, 6) is 0.917. The van der Waals surface area contributed by atoms with Gasteiger partial charge in [-0.1, -0.05) is 23.7 Å². The number of rotatable bonds is 2. The van der Waals surface area contributed by atoms with Crippen LogP contribution in [0, 0.1) is 5.82 Å². The molecule has 3 nitrogen and oxygen atoms in total. The number of nitrogens with two attached hydrogens (primary N) is 1. The minimum atomic E-state index is -0.523. The summed E-state index contributed by atoms with van der Waals surface area (Å²) in [4.78, 5) is 0. The van der Waals surface area contributed by atoms with Gasteiger partial charge in [0.05, 0.1) is 19.3 Å². The highest BCUT2D eigenvalue weighted by atomic mass is 35.5. The summed E-state index contributed by atoms with van der Waals surface area (Å²) in [5, 5.41) is 0.482. The SMILES string of the molecule is NC(c1cccc(F)c1)c1cc2c(cc1Cl)OCCCO2. The van der Waals surface area contributed by atoms with E-state index >= 15 is 0 Å². The monoisotopic (exact) mass is 307 g/mol. The van der Waals surface area contributed by atoms with E-state index in [1.165, 1.54) is 12.1 Å². The van der Waals surface area contributed by atoms with Gasteiger partial charge in [-0.25, -0.2) is 4.39 Å². The predicted octanol–water partition coefficient (Wildman–Crippen LogP) is 3.69. The zero-order valence-electron chi connectivity index (χ0n) is 11.3. The molecule has 1 atom stereocenters. The minimum Gasteiger partial charge on any atom is -0.490 e. The van der Waals surface area contributed by atoms with E-state index in [1.54, 1.807) is 24.3 Å². The van der Waals surface area contributed by atoms with Gasteiger partial charge in [-0.2, -0.15) is 0 Å². The Morgan fingerprint density at radius 2 is 1.81 bits per heavy atom. The van der Waals surface area contributed by atoms with Gasteiger partial charge in [0.2, 0.25) is 0 Å². The Balaban J connectivity index is 2.00. The number of ether oxygens (including phenoxy) is 2. The molecule has 21 heavy (non-hydrogen) atoms. The van der Waals surface area contributed by atoms with Gasteiger partial charge in [-0.15, -0.1) is 0 Å². The summed E-state index contributed by atoms with van der Waals surface area (Å²) in [6.07, 6.45) is 0.817. The molecule has 0 saturated carbocycles. The highest BCUT2D eigenvalue weighted by Gasteiger charge is 2.19. The molecule has 1 aliphatic heterocycles. The van der Waals surface area contributed by atoms with E-state index < -0.39 is 6.04 Å². The first-order valence-corrected chi connectivity index (χ1v) is 7.13. The maximum atomic E-state index is 13.3. The lowest BCUT2D eigenvalue weighted by atomic mass is 9.99. The Labute approximate surface area is 127 Å². The fourth-order valence-electron chi connectivity index (χ4n) is 2.32. The lowest BCUT2D eigenvalue weighted by molar-refractivity contribution is 0.297. The Morgan fingerprint density at radius 1 is 1.10 bits per heavy atom. The number of fused-ring (bicyclic) bond motifs is 1. The normalized spacial score (nSPS) is 15.4. The van der Waals surface area contributed by atoms with Gasteiger partial charge in [0, 0.05) is 17.5 Å². The van der Waals surface area contributed by atoms with E-state index in [0.29, 0.717) is 40.9 Å². The van der Waals surface area contributed by atoms with Crippen LogP contribution in [0.15, 0.2) is 36.4 Å². The Hall–Kier alpha value is -1.78. The highest BCUT2D eigenvalue weighted by molar-refractivity contribution is 6.31. The second kappa shape index (κ2) is 5.92. The van der Waals surface area contributed by atoms with E-state index in [4.69, 9.17) is 26.8 Å². The zero-order chi connectivity index (χ0) is 14.8. The van der Waals surface area contributed by atoms with Crippen LogP contribution in [0.4, 0.5) is 4.39 Å². The van der Waals surface area contributed by atoms with Gasteiger partial charge >= 0.3 is 0 Å². The highest BCUT2D eigenvalue weighted by Crippen LogP contribution is 2.38. The number of benzene rings is 2. The van der Waals surface area contributed by atoms with Crippen molar-refractivity contribution in [2.45, 2.75) is 12.5 Å². The van der Waals surface area contributed by atoms with Crippen molar-refractivity contribution in [2.24, 2.45) is 5.73 Å². The van der Waals surface area contributed by atoms with Gasteiger partial charge < -0.3 is 15.2 Å². The molecule has 2 aromatic carbocycles. The average molecular weight is 308 g/mol. The predicted molar refractivity (Wildman–Crippen MR) is 79.5 cm³/mol. The third-order valence-electron chi connectivity index (χ3n) is 3.41. The Bertz CT molecular complexity index is 663. The number of halogens is 2. The molecular weight excluding hydrogens is 293 g/mol. The van der Waals surface area contributed by atoms with Crippen LogP contribution >= 0.6 is 11.6 Å². The molecule has 2 N–H and O–H groups in total. The molecule has 0 aliphatic carbocycles. The van der Waals surface area contributed by atoms with E-state index in [9.17, 15) is 4.39 Å². The second-order valence-corrected chi connectivity index (χ2v) is 5.31. The van der Waals surface area contributed by atoms with Crippen molar-refractivity contribution in [3.8, 4) is 11.5 Å². The summed E-state index contributed by atoms with van der Waals surface area (Å²) in [5.41, 5.74) is 7.56. The fraction of sp³-hybridized carbons (Fsp3) is 0.250. The third-order valence-corrected chi connectivity index (χ3v) is 3.74. The van der Waals surface area contributed by atoms with Gasteiger partial charge in [0.25, 0.3) is 0 Å². The van der Waals surface area contributed by atoms with Crippen LogP contribution in [0.25, 0.3) is 0 Å². The first-order valence-electron chi connectivity index (χ1n) is 6.75. The van der Waals surface area contributed by atoms with Crippen molar-refractivity contribution in [3.05, 3.63) is 58.4 Å². The van der Waals surface area contributed by atoms with E-state index in [-0.39, 0.29) is 5.82 Å².